The van der Waals surface area contributed by atoms with Gasteiger partial charge in [0.2, 0.25) is 0 Å². The van der Waals surface area contributed by atoms with Gasteiger partial charge >= 0.3 is 12.4 Å². The number of hydrogen-bond acceptors (Lipinski definition) is 2. The van der Waals surface area contributed by atoms with Gasteiger partial charge in [-0.1, -0.05) is 30.3 Å². The molecule has 0 aliphatic heterocycles. The summed E-state index contributed by atoms with van der Waals surface area (Å²) in [6.07, 6.45) is -9.99. The molecule has 2 aromatic heterocycles. The summed E-state index contributed by atoms with van der Waals surface area (Å²) in [5.74, 6) is 0. The lowest BCUT2D eigenvalue weighted by Gasteiger charge is -2.14. The standard InChI is InChI=1S/C20H11F6N3O/c21-19(22,23)13-6-12(7-14(8-13)20(24,25)26)15-10-18(30)29-17(27-15)9-16(28-29)11-4-2-1-3-5-11/h1-10,28H. The first-order valence-electron chi connectivity index (χ1n) is 8.50. The average molecular weight is 423 g/mol. The topological polar surface area (TPSA) is 50.2 Å². The molecule has 0 radical (unpaired) electrons. The van der Waals surface area contributed by atoms with Crippen LogP contribution in [0.2, 0.25) is 0 Å². The molecule has 0 spiro atoms. The number of rotatable bonds is 2. The molecule has 0 saturated carbocycles. The van der Waals surface area contributed by atoms with Crippen molar-refractivity contribution < 1.29 is 26.3 Å². The van der Waals surface area contributed by atoms with Gasteiger partial charge in [0.1, 0.15) is 0 Å². The van der Waals surface area contributed by atoms with Crippen LogP contribution in [0.4, 0.5) is 26.3 Å². The third-order valence-electron chi connectivity index (χ3n) is 4.42. The average Bonchev–Trinajstić information content (AvgIpc) is 3.12. The predicted molar refractivity (Wildman–Crippen MR) is 96.7 cm³/mol. The van der Waals surface area contributed by atoms with E-state index < -0.39 is 34.6 Å². The van der Waals surface area contributed by atoms with Gasteiger partial charge in [-0.25, -0.2) is 9.50 Å². The number of alkyl halides is 6. The Morgan fingerprint density at radius 2 is 1.37 bits per heavy atom. The van der Waals surface area contributed by atoms with Crippen molar-refractivity contribution in [1.82, 2.24) is 14.6 Å². The first-order chi connectivity index (χ1) is 14.0. The highest BCUT2D eigenvalue weighted by molar-refractivity contribution is 5.68. The second kappa shape index (κ2) is 6.75. The van der Waals surface area contributed by atoms with E-state index in [0.717, 1.165) is 16.1 Å². The van der Waals surface area contributed by atoms with Crippen LogP contribution in [0.25, 0.3) is 28.2 Å². The van der Waals surface area contributed by atoms with Crippen molar-refractivity contribution in [3.8, 4) is 22.5 Å². The highest BCUT2D eigenvalue weighted by atomic mass is 19.4. The molecular formula is C20H11F6N3O. The molecule has 1 N–H and O–H groups in total. The van der Waals surface area contributed by atoms with Crippen molar-refractivity contribution in [2.75, 3.05) is 0 Å². The number of aromatic nitrogens is 3. The van der Waals surface area contributed by atoms with Crippen LogP contribution in [0.5, 0.6) is 0 Å². The largest absolute Gasteiger partial charge is 0.416 e. The molecule has 10 heteroatoms. The molecule has 0 amide bonds. The minimum Gasteiger partial charge on any atom is -0.289 e. The van der Waals surface area contributed by atoms with Gasteiger partial charge < -0.3 is 0 Å². The van der Waals surface area contributed by atoms with Gasteiger partial charge in [0.15, 0.2) is 5.65 Å². The minimum absolute atomic E-state index is 0.0265. The van der Waals surface area contributed by atoms with Crippen LogP contribution in [0.15, 0.2) is 65.5 Å². The SMILES string of the molecule is O=c1cc(-c2cc(C(F)(F)F)cc(C(F)(F)F)c2)nc2cc(-c3ccccc3)[nH]n12. The zero-order valence-electron chi connectivity index (χ0n) is 14.8. The highest BCUT2D eigenvalue weighted by Crippen LogP contribution is 2.38. The molecule has 2 aromatic carbocycles. The van der Waals surface area contributed by atoms with E-state index in [1.54, 1.807) is 30.3 Å². The summed E-state index contributed by atoms with van der Waals surface area (Å²) >= 11 is 0. The van der Waals surface area contributed by atoms with Gasteiger partial charge in [0.25, 0.3) is 5.56 Å². The smallest absolute Gasteiger partial charge is 0.289 e. The van der Waals surface area contributed by atoms with Crippen molar-refractivity contribution in [1.29, 1.82) is 0 Å². The number of H-pyrrole nitrogens is 1. The van der Waals surface area contributed by atoms with Crippen LogP contribution >= 0.6 is 0 Å². The molecule has 2 heterocycles. The van der Waals surface area contributed by atoms with Crippen molar-refractivity contribution >= 4 is 5.65 Å². The molecule has 154 valence electrons. The Balaban J connectivity index is 1.90. The molecule has 0 bridgehead atoms. The number of fused-ring (bicyclic) bond motifs is 1. The first-order valence-corrected chi connectivity index (χ1v) is 8.50. The number of nitrogens with zero attached hydrogens (tertiary/aromatic N) is 2. The van der Waals surface area contributed by atoms with Crippen LogP contribution in [-0.2, 0) is 12.4 Å². The van der Waals surface area contributed by atoms with E-state index in [-0.39, 0.29) is 17.4 Å². The molecule has 0 atom stereocenters. The van der Waals surface area contributed by atoms with E-state index >= 15 is 0 Å². The summed E-state index contributed by atoms with van der Waals surface area (Å²) in [5, 5.41) is 2.81. The third kappa shape index (κ3) is 3.68. The second-order valence-corrected chi connectivity index (χ2v) is 6.50. The fourth-order valence-corrected chi connectivity index (χ4v) is 3.01. The summed E-state index contributed by atoms with van der Waals surface area (Å²) in [5.41, 5.74) is -3.10. The molecule has 0 unspecified atom stereocenters. The summed E-state index contributed by atoms with van der Waals surface area (Å²) in [7, 11) is 0. The number of nitrogens with one attached hydrogen (secondary N) is 1. The Labute approximate surface area is 164 Å². The second-order valence-electron chi connectivity index (χ2n) is 6.50. The monoisotopic (exact) mass is 423 g/mol. The lowest BCUT2D eigenvalue weighted by molar-refractivity contribution is -0.143. The molecule has 0 aliphatic carbocycles. The van der Waals surface area contributed by atoms with Crippen LogP contribution in [-0.4, -0.2) is 14.6 Å². The Bertz CT molecular complexity index is 1250. The maximum absolute atomic E-state index is 13.1. The van der Waals surface area contributed by atoms with Crippen LogP contribution < -0.4 is 5.56 Å². The van der Waals surface area contributed by atoms with Gasteiger partial charge in [0, 0.05) is 17.7 Å². The van der Waals surface area contributed by atoms with Gasteiger partial charge in [-0.3, -0.25) is 9.89 Å². The molecular weight excluding hydrogens is 412 g/mol. The van der Waals surface area contributed by atoms with Crippen molar-refractivity contribution in [2.45, 2.75) is 12.4 Å². The van der Waals surface area contributed by atoms with E-state index in [1.807, 2.05) is 0 Å². The first kappa shape index (κ1) is 19.7. The summed E-state index contributed by atoms with van der Waals surface area (Å²) in [4.78, 5) is 16.5. The van der Waals surface area contributed by atoms with E-state index in [9.17, 15) is 31.1 Å². The molecule has 4 rings (SSSR count). The number of benzene rings is 2. The zero-order chi connectivity index (χ0) is 21.7. The van der Waals surface area contributed by atoms with Gasteiger partial charge in [-0.15, -0.1) is 0 Å². The normalized spacial score (nSPS) is 12.5. The Hall–Kier alpha value is -3.56. The summed E-state index contributed by atoms with van der Waals surface area (Å²) in [6.45, 7) is 0. The summed E-state index contributed by atoms with van der Waals surface area (Å²) in [6, 6.07) is 12.3. The number of aromatic amines is 1. The molecule has 0 saturated heterocycles. The van der Waals surface area contributed by atoms with E-state index in [0.29, 0.717) is 17.8 Å². The summed E-state index contributed by atoms with van der Waals surface area (Å²) < 4.78 is 79.8. The molecule has 0 aliphatic rings. The Morgan fingerprint density at radius 1 is 0.767 bits per heavy atom. The Morgan fingerprint density at radius 3 is 1.93 bits per heavy atom. The molecule has 4 nitrogen and oxygen atoms in total. The van der Waals surface area contributed by atoms with Gasteiger partial charge in [-0.2, -0.15) is 26.3 Å². The Kier molecular flexibility index (Phi) is 4.44. The molecule has 0 fully saturated rings. The predicted octanol–water partition coefficient (Wildman–Crippen LogP) is 5.39. The van der Waals surface area contributed by atoms with Crippen molar-refractivity contribution in [2.24, 2.45) is 0 Å². The lowest BCUT2D eigenvalue weighted by atomic mass is 10.0. The third-order valence-corrected chi connectivity index (χ3v) is 4.42. The fourth-order valence-electron chi connectivity index (χ4n) is 3.01. The van der Waals surface area contributed by atoms with Gasteiger partial charge in [0.05, 0.1) is 22.5 Å². The quantitative estimate of drug-likeness (QED) is 0.440. The van der Waals surface area contributed by atoms with E-state index in [4.69, 9.17) is 0 Å². The van der Waals surface area contributed by atoms with Crippen LogP contribution in [0.1, 0.15) is 11.1 Å². The van der Waals surface area contributed by atoms with Crippen LogP contribution in [0, 0.1) is 0 Å². The lowest BCUT2D eigenvalue weighted by Crippen LogP contribution is -2.15. The maximum Gasteiger partial charge on any atom is 0.416 e. The fraction of sp³-hybridized carbons (Fsp3) is 0.100. The highest BCUT2D eigenvalue weighted by Gasteiger charge is 2.37. The molecule has 4 aromatic rings. The minimum atomic E-state index is -5.00. The van der Waals surface area contributed by atoms with Crippen LogP contribution in [0.3, 0.4) is 0 Å². The van der Waals surface area contributed by atoms with E-state index in [1.165, 1.54) is 6.07 Å². The van der Waals surface area contributed by atoms with E-state index in [2.05, 4.69) is 10.1 Å². The number of hydrogen-bond donors (Lipinski definition) is 1. The maximum atomic E-state index is 13.1. The van der Waals surface area contributed by atoms with Crippen molar-refractivity contribution in [3.05, 3.63) is 82.1 Å². The molecule has 30 heavy (non-hydrogen) atoms. The zero-order valence-corrected chi connectivity index (χ0v) is 14.8. The van der Waals surface area contributed by atoms with Crippen molar-refractivity contribution in [3.63, 3.8) is 0 Å². The number of halogens is 6. The van der Waals surface area contributed by atoms with Gasteiger partial charge in [-0.05, 0) is 23.8 Å².